The Labute approximate surface area is 233 Å². The molecule has 39 heavy (non-hydrogen) atoms. The highest BCUT2D eigenvalue weighted by atomic mass is 35.5. The fourth-order valence-electron chi connectivity index (χ4n) is 4.64. The van der Waals surface area contributed by atoms with Gasteiger partial charge in [-0.3, -0.25) is 19.4 Å². The summed E-state index contributed by atoms with van der Waals surface area (Å²) in [5.41, 5.74) is 2.56. The predicted octanol–water partition coefficient (Wildman–Crippen LogP) is 3.26. The number of rotatable bonds is 8. The van der Waals surface area contributed by atoms with Crippen molar-refractivity contribution in [2.75, 3.05) is 19.7 Å². The fraction of sp³-hybridized carbons (Fsp3) is 0.379. The van der Waals surface area contributed by atoms with E-state index in [0.29, 0.717) is 34.9 Å². The number of amides is 2. The van der Waals surface area contributed by atoms with Crippen molar-refractivity contribution in [1.82, 2.24) is 15.1 Å². The molecular weight excluding hydrogens is 520 g/mol. The minimum atomic E-state index is -0.796. The molecule has 3 atom stereocenters. The number of aliphatic hydroxyl groups excluding tert-OH is 1. The molecule has 2 N–H and O–H groups in total. The first kappa shape index (κ1) is 28.3. The number of likely N-dealkylation sites (tertiary alicyclic amines) is 1. The molecule has 2 aromatic rings. The van der Waals surface area contributed by atoms with Gasteiger partial charge in [-0.15, -0.1) is 0 Å². The number of β-amino-alcohol motifs (C(OH)–C–C–N with tert-alkyl or cyclic N) is 1. The van der Waals surface area contributed by atoms with E-state index in [1.807, 2.05) is 30.0 Å². The van der Waals surface area contributed by atoms with Crippen LogP contribution in [0.2, 0.25) is 5.02 Å². The summed E-state index contributed by atoms with van der Waals surface area (Å²) in [6.45, 7) is 4.52. The maximum Gasteiger partial charge on any atom is 0.325 e. The van der Waals surface area contributed by atoms with Crippen LogP contribution in [0, 0.1) is 0 Å². The number of nitrogens with one attached hydrogen (secondary N) is 1. The summed E-state index contributed by atoms with van der Waals surface area (Å²) in [7, 11) is 0. The standard InChI is InChI=1S/C29H33ClN4O5/c1-3-39-27(36)18-33-17-25(31-12-11-19(33)2)21-5-4-6-22(13-21)29(38)34-16-24(35)14-26(34)28(37)32-15-20-7-9-23(30)10-8-20/h4-10,12-13,17,19,24,26,35H,3,11,14-16,18H2,1-2H3,(H,32,37). The number of carbonyl (C=O) groups is 3. The molecule has 0 spiro atoms. The van der Waals surface area contributed by atoms with Crippen LogP contribution in [0.15, 0.2) is 59.7 Å². The number of hydrogen-bond donors (Lipinski definition) is 2. The molecule has 206 valence electrons. The Bertz CT molecular complexity index is 1260. The van der Waals surface area contributed by atoms with E-state index in [2.05, 4.69) is 10.3 Å². The van der Waals surface area contributed by atoms with E-state index in [-0.39, 0.29) is 49.9 Å². The second-order valence-electron chi connectivity index (χ2n) is 9.68. The summed E-state index contributed by atoms with van der Waals surface area (Å²) in [6, 6.07) is 13.4. The monoisotopic (exact) mass is 552 g/mol. The second kappa shape index (κ2) is 12.9. The van der Waals surface area contributed by atoms with Crippen molar-refractivity contribution in [3.8, 4) is 0 Å². The fourth-order valence-corrected chi connectivity index (χ4v) is 4.76. The van der Waals surface area contributed by atoms with E-state index < -0.39 is 12.1 Å². The van der Waals surface area contributed by atoms with Crippen LogP contribution in [0.1, 0.15) is 48.2 Å². The van der Waals surface area contributed by atoms with Crippen molar-refractivity contribution < 1.29 is 24.2 Å². The molecule has 1 saturated heterocycles. The van der Waals surface area contributed by atoms with Gasteiger partial charge >= 0.3 is 5.97 Å². The van der Waals surface area contributed by atoms with E-state index in [1.165, 1.54) is 4.90 Å². The number of esters is 1. The number of aliphatic hydroxyl groups is 1. The third kappa shape index (κ3) is 7.25. The van der Waals surface area contributed by atoms with Crippen LogP contribution in [-0.4, -0.2) is 76.8 Å². The van der Waals surface area contributed by atoms with Crippen LogP contribution in [-0.2, 0) is 20.9 Å². The molecule has 10 heteroatoms. The molecule has 2 aliphatic heterocycles. The van der Waals surface area contributed by atoms with Crippen molar-refractivity contribution in [2.45, 2.75) is 51.4 Å². The first-order valence-corrected chi connectivity index (χ1v) is 13.4. The smallest absolute Gasteiger partial charge is 0.325 e. The van der Waals surface area contributed by atoms with Crippen LogP contribution in [0.25, 0.3) is 5.70 Å². The van der Waals surface area contributed by atoms with E-state index >= 15 is 0 Å². The third-order valence-electron chi connectivity index (χ3n) is 6.78. The van der Waals surface area contributed by atoms with Gasteiger partial charge in [0.1, 0.15) is 12.6 Å². The Morgan fingerprint density at radius 3 is 2.69 bits per heavy atom. The molecule has 2 aromatic carbocycles. The number of ether oxygens (including phenoxy) is 1. The van der Waals surface area contributed by atoms with Crippen molar-refractivity contribution in [2.24, 2.45) is 4.99 Å². The predicted molar refractivity (Wildman–Crippen MR) is 149 cm³/mol. The maximum atomic E-state index is 13.5. The zero-order valence-electron chi connectivity index (χ0n) is 22.0. The highest BCUT2D eigenvalue weighted by Crippen LogP contribution is 2.25. The van der Waals surface area contributed by atoms with Gasteiger partial charge in [0, 0.05) is 60.5 Å². The van der Waals surface area contributed by atoms with Crippen molar-refractivity contribution in [1.29, 1.82) is 0 Å². The zero-order valence-corrected chi connectivity index (χ0v) is 22.8. The van der Waals surface area contributed by atoms with Gasteiger partial charge < -0.3 is 25.0 Å². The van der Waals surface area contributed by atoms with E-state index in [4.69, 9.17) is 16.3 Å². The first-order chi connectivity index (χ1) is 18.7. The van der Waals surface area contributed by atoms with Crippen molar-refractivity contribution >= 4 is 41.3 Å². The van der Waals surface area contributed by atoms with Crippen molar-refractivity contribution in [3.63, 3.8) is 0 Å². The molecule has 3 unspecified atom stereocenters. The lowest BCUT2D eigenvalue weighted by atomic mass is 10.1. The quantitative estimate of drug-likeness (QED) is 0.486. The Hall–Kier alpha value is -3.69. The van der Waals surface area contributed by atoms with Gasteiger partial charge in [0.25, 0.3) is 5.91 Å². The van der Waals surface area contributed by atoms with E-state index in [1.54, 1.807) is 49.7 Å². The molecule has 2 aliphatic rings. The molecule has 9 nitrogen and oxygen atoms in total. The van der Waals surface area contributed by atoms with Crippen LogP contribution in [0.4, 0.5) is 0 Å². The SMILES string of the molecule is CCOC(=O)CN1C=C(c2cccc(C(=O)N3CC(O)CC3C(=O)NCc3ccc(Cl)cc3)c2)N=CCC1C. The second-order valence-corrected chi connectivity index (χ2v) is 10.1. The third-order valence-corrected chi connectivity index (χ3v) is 7.03. The Balaban J connectivity index is 1.50. The van der Waals surface area contributed by atoms with Gasteiger partial charge in [0.2, 0.25) is 5.91 Å². The average Bonchev–Trinajstić information content (AvgIpc) is 3.23. The van der Waals surface area contributed by atoms with E-state index in [9.17, 15) is 19.5 Å². The topological polar surface area (TPSA) is 112 Å². The van der Waals surface area contributed by atoms with Crippen molar-refractivity contribution in [3.05, 3.63) is 76.4 Å². The summed E-state index contributed by atoms with van der Waals surface area (Å²) >= 11 is 5.93. The number of nitrogens with zero attached hydrogens (tertiary/aromatic N) is 3. The summed E-state index contributed by atoms with van der Waals surface area (Å²) in [5.74, 6) is -1.00. The molecule has 0 saturated carbocycles. The number of hydrogen-bond acceptors (Lipinski definition) is 7. The highest BCUT2D eigenvalue weighted by Gasteiger charge is 2.39. The number of carbonyl (C=O) groups excluding carboxylic acids is 3. The van der Waals surface area contributed by atoms with Gasteiger partial charge in [-0.25, -0.2) is 0 Å². The highest BCUT2D eigenvalue weighted by molar-refractivity contribution is 6.30. The van der Waals surface area contributed by atoms with Crippen LogP contribution < -0.4 is 5.32 Å². The van der Waals surface area contributed by atoms with Gasteiger partial charge in [0.05, 0.1) is 18.4 Å². The number of benzene rings is 2. The molecule has 0 aliphatic carbocycles. The number of halogens is 1. The lowest BCUT2D eigenvalue weighted by Crippen LogP contribution is -2.45. The summed E-state index contributed by atoms with van der Waals surface area (Å²) in [6.07, 6.45) is 3.62. The van der Waals surface area contributed by atoms with Gasteiger partial charge in [-0.2, -0.15) is 0 Å². The lowest BCUT2D eigenvalue weighted by Gasteiger charge is -2.25. The molecule has 2 amide bonds. The lowest BCUT2D eigenvalue weighted by molar-refractivity contribution is -0.144. The molecule has 0 radical (unpaired) electrons. The largest absolute Gasteiger partial charge is 0.465 e. The Kier molecular flexibility index (Phi) is 9.37. The molecule has 4 rings (SSSR count). The molecule has 0 aromatic heterocycles. The molecule has 2 heterocycles. The summed E-state index contributed by atoms with van der Waals surface area (Å²) in [5, 5.41) is 13.8. The Morgan fingerprint density at radius 1 is 1.18 bits per heavy atom. The van der Waals surface area contributed by atoms with Gasteiger partial charge in [-0.05, 0) is 43.7 Å². The zero-order chi connectivity index (χ0) is 27.9. The number of aliphatic imine (C=N–C) groups is 1. The van der Waals surface area contributed by atoms with Gasteiger partial charge in [0.15, 0.2) is 0 Å². The Morgan fingerprint density at radius 2 is 1.95 bits per heavy atom. The van der Waals surface area contributed by atoms with Crippen LogP contribution in [0.3, 0.4) is 0 Å². The normalized spacial score (nSPS) is 20.8. The minimum Gasteiger partial charge on any atom is -0.465 e. The molecule has 1 fully saturated rings. The van der Waals surface area contributed by atoms with Crippen LogP contribution >= 0.6 is 11.6 Å². The van der Waals surface area contributed by atoms with E-state index in [0.717, 1.165) is 5.56 Å². The molecule has 0 bridgehead atoms. The van der Waals surface area contributed by atoms with Gasteiger partial charge in [-0.1, -0.05) is 35.9 Å². The average molecular weight is 553 g/mol. The van der Waals surface area contributed by atoms with Crippen LogP contribution in [0.5, 0.6) is 0 Å². The summed E-state index contributed by atoms with van der Waals surface area (Å²) in [4.78, 5) is 46.5. The minimum absolute atomic E-state index is 0.0405. The maximum absolute atomic E-state index is 13.5. The summed E-state index contributed by atoms with van der Waals surface area (Å²) < 4.78 is 5.11. The first-order valence-electron chi connectivity index (χ1n) is 13.0. The molecular formula is C29H33ClN4O5.